The van der Waals surface area contributed by atoms with Gasteiger partial charge in [0.2, 0.25) is 0 Å². The zero-order valence-corrected chi connectivity index (χ0v) is 15.1. The van der Waals surface area contributed by atoms with Gasteiger partial charge in [-0.25, -0.2) is 14.6 Å². The molecule has 0 fully saturated rings. The topological polar surface area (TPSA) is 74.3 Å². The SMILES string of the molecule is CCCn1c(-c2cc3ccccc3oc2=O)nc2cc(C(=O)OC)ccc21. The summed E-state index contributed by atoms with van der Waals surface area (Å²) in [6.07, 6.45) is 0.871. The summed E-state index contributed by atoms with van der Waals surface area (Å²) < 4.78 is 12.2. The van der Waals surface area contributed by atoms with E-state index in [4.69, 9.17) is 9.15 Å². The first kappa shape index (κ1) is 17.0. The summed E-state index contributed by atoms with van der Waals surface area (Å²) >= 11 is 0. The summed E-state index contributed by atoms with van der Waals surface area (Å²) in [5, 5.41) is 0.831. The van der Waals surface area contributed by atoms with Crippen LogP contribution in [0.2, 0.25) is 0 Å². The second kappa shape index (κ2) is 6.72. The van der Waals surface area contributed by atoms with Gasteiger partial charge in [-0.05, 0) is 36.8 Å². The number of hydrogen-bond acceptors (Lipinski definition) is 5. The third kappa shape index (κ3) is 2.89. The Morgan fingerprint density at radius 2 is 2.00 bits per heavy atom. The summed E-state index contributed by atoms with van der Waals surface area (Å²) in [7, 11) is 1.34. The first-order valence-electron chi connectivity index (χ1n) is 8.74. The molecular formula is C21H18N2O4. The zero-order chi connectivity index (χ0) is 19.0. The maximum Gasteiger partial charge on any atom is 0.347 e. The van der Waals surface area contributed by atoms with E-state index in [1.165, 1.54) is 7.11 Å². The normalized spacial score (nSPS) is 11.2. The molecule has 4 rings (SSSR count). The standard InChI is InChI=1S/C21H18N2O4/c1-3-10-23-17-9-8-14(20(24)26-2)12-16(17)22-19(23)15-11-13-6-4-5-7-18(13)27-21(15)25/h4-9,11-12H,3,10H2,1-2H3. The van der Waals surface area contributed by atoms with Gasteiger partial charge in [0.15, 0.2) is 0 Å². The lowest BCUT2D eigenvalue weighted by atomic mass is 10.2. The van der Waals surface area contributed by atoms with Crippen molar-refractivity contribution in [3.63, 3.8) is 0 Å². The van der Waals surface area contributed by atoms with Crippen LogP contribution in [0.5, 0.6) is 0 Å². The first-order valence-corrected chi connectivity index (χ1v) is 8.74. The monoisotopic (exact) mass is 362 g/mol. The minimum absolute atomic E-state index is 0.401. The summed E-state index contributed by atoms with van der Waals surface area (Å²) in [5.74, 6) is 0.113. The van der Waals surface area contributed by atoms with Gasteiger partial charge in [0.05, 0.1) is 23.7 Å². The average molecular weight is 362 g/mol. The number of carbonyl (C=O) groups excluding carboxylic acids is 1. The quantitative estimate of drug-likeness (QED) is 0.405. The van der Waals surface area contributed by atoms with Gasteiger partial charge in [-0.2, -0.15) is 0 Å². The molecule has 0 radical (unpaired) electrons. The summed E-state index contributed by atoms with van der Waals surface area (Å²) in [5.41, 5.74) is 2.41. The lowest BCUT2D eigenvalue weighted by Gasteiger charge is -2.08. The van der Waals surface area contributed by atoms with Crippen LogP contribution in [0.1, 0.15) is 23.7 Å². The van der Waals surface area contributed by atoms with Crippen molar-refractivity contribution < 1.29 is 13.9 Å². The maximum atomic E-state index is 12.6. The molecule has 0 amide bonds. The van der Waals surface area contributed by atoms with Gasteiger partial charge in [0, 0.05) is 11.9 Å². The van der Waals surface area contributed by atoms with E-state index < -0.39 is 11.6 Å². The van der Waals surface area contributed by atoms with E-state index in [2.05, 4.69) is 11.9 Å². The fourth-order valence-electron chi connectivity index (χ4n) is 3.25. The molecule has 0 atom stereocenters. The number of aryl methyl sites for hydroxylation is 1. The van der Waals surface area contributed by atoms with Gasteiger partial charge in [-0.15, -0.1) is 0 Å². The van der Waals surface area contributed by atoms with Crippen molar-refractivity contribution in [1.82, 2.24) is 9.55 Å². The Labute approximate surface area is 155 Å². The number of aromatic nitrogens is 2. The van der Waals surface area contributed by atoms with Gasteiger partial charge in [0.1, 0.15) is 17.0 Å². The Balaban J connectivity index is 1.97. The molecule has 0 aliphatic carbocycles. The van der Waals surface area contributed by atoms with E-state index in [0.717, 1.165) is 17.3 Å². The molecule has 0 aliphatic heterocycles. The number of imidazole rings is 1. The fourth-order valence-corrected chi connectivity index (χ4v) is 3.25. The van der Waals surface area contributed by atoms with Gasteiger partial charge in [-0.3, -0.25) is 0 Å². The first-order chi connectivity index (χ1) is 13.1. The Bertz CT molecular complexity index is 1220. The summed E-state index contributed by atoms with van der Waals surface area (Å²) in [4.78, 5) is 29.1. The third-order valence-electron chi connectivity index (χ3n) is 4.50. The van der Waals surface area contributed by atoms with Crippen molar-refractivity contribution in [2.45, 2.75) is 19.9 Å². The van der Waals surface area contributed by atoms with Crippen LogP contribution in [-0.4, -0.2) is 22.6 Å². The van der Waals surface area contributed by atoms with E-state index in [1.54, 1.807) is 24.3 Å². The number of benzene rings is 2. The van der Waals surface area contributed by atoms with Crippen LogP contribution >= 0.6 is 0 Å². The van der Waals surface area contributed by atoms with Crippen molar-refractivity contribution in [2.24, 2.45) is 0 Å². The fraction of sp³-hybridized carbons (Fsp3) is 0.190. The smallest absolute Gasteiger partial charge is 0.347 e. The molecule has 0 spiro atoms. The van der Waals surface area contributed by atoms with Crippen molar-refractivity contribution in [3.05, 3.63) is 64.5 Å². The molecule has 2 heterocycles. The van der Waals surface area contributed by atoms with Crippen LogP contribution in [0.15, 0.2) is 57.7 Å². The van der Waals surface area contributed by atoms with E-state index in [1.807, 2.05) is 28.8 Å². The zero-order valence-electron chi connectivity index (χ0n) is 15.1. The number of para-hydroxylation sites is 1. The molecule has 4 aromatic rings. The average Bonchev–Trinajstić information content (AvgIpc) is 3.04. The van der Waals surface area contributed by atoms with Crippen LogP contribution in [0, 0.1) is 0 Å². The molecule has 0 saturated heterocycles. The number of carbonyl (C=O) groups is 1. The highest BCUT2D eigenvalue weighted by molar-refractivity contribution is 5.94. The molecule has 0 saturated carbocycles. The molecular weight excluding hydrogens is 344 g/mol. The lowest BCUT2D eigenvalue weighted by Crippen LogP contribution is -2.08. The van der Waals surface area contributed by atoms with Crippen molar-refractivity contribution >= 4 is 28.0 Å². The van der Waals surface area contributed by atoms with Crippen molar-refractivity contribution in [3.8, 4) is 11.4 Å². The van der Waals surface area contributed by atoms with Crippen LogP contribution in [0.3, 0.4) is 0 Å². The highest BCUT2D eigenvalue weighted by atomic mass is 16.5. The molecule has 2 aromatic heterocycles. The van der Waals surface area contributed by atoms with Gasteiger partial charge >= 0.3 is 11.6 Å². The maximum absolute atomic E-state index is 12.6. The van der Waals surface area contributed by atoms with Gasteiger partial charge in [0.25, 0.3) is 0 Å². The molecule has 0 N–H and O–H groups in total. The largest absolute Gasteiger partial charge is 0.465 e. The Kier molecular flexibility index (Phi) is 4.24. The predicted molar refractivity (Wildman–Crippen MR) is 103 cm³/mol. The number of fused-ring (bicyclic) bond motifs is 2. The second-order valence-electron chi connectivity index (χ2n) is 6.27. The van der Waals surface area contributed by atoms with Crippen LogP contribution in [0.4, 0.5) is 0 Å². The Hall–Kier alpha value is -3.41. The van der Waals surface area contributed by atoms with E-state index in [9.17, 15) is 9.59 Å². The number of esters is 1. The summed E-state index contributed by atoms with van der Waals surface area (Å²) in [6.45, 7) is 2.75. The number of rotatable bonds is 4. The minimum atomic E-state index is -0.436. The molecule has 136 valence electrons. The van der Waals surface area contributed by atoms with Crippen molar-refractivity contribution in [1.29, 1.82) is 0 Å². The highest BCUT2D eigenvalue weighted by Crippen LogP contribution is 2.26. The van der Waals surface area contributed by atoms with E-state index in [0.29, 0.717) is 34.6 Å². The Morgan fingerprint density at radius 1 is 1.19 bits per heavy atom. The van der Waals surface area contributed by atoms with Crippen LogP contribution < -0.4 is 5.63 Å². The third-order valence-corrected chi connectivity index (χ3v) is 4.50. The molecule has 6 nitrogen and oxygen atoms in total. The Morgan fingerprint density at radius 3 is 2.78 bits per heavy atom. The van der Waals surface area contributed by atoms with E-state index >= 15 is 0 Å². The number of nitrogens with zero attached hydrogens (tertiary/aromatic N) is 2. The number of hydrogen-bond donors (Lipinski definition) is 0. The van der Waals surface area contributed by atoms with E-state index in [-0.39, 0.29) is 0 Å². The van der Waals surface area contributed by atoms with Gasteiger partial charge in [-0.1, -0.05) is 25.1 Å². The highest BCUT2D eigenvalue weighted by Gasteiger charge is 2.18. The molecule has 0 aliphatic rings. The molecule has 0 unspecified atom stereocenters. The van der Waals surface area contributed by atoms with Crippen molar-refractivity contribution in [2.75, 3.05) is 7.11 Å². The van der Waals surface area contributed by atoms with Gasteiger partial charge < -0.3 is 13.7 Å². The minimum Gasteiger partial charge on any atom is -0.465 e. The number of methoxy groups -OCH3 is 1. The molecule has 0 bridgehead atoms. The molecule has 6 heteroatoms. The second-order valence-corrected chi connectivity index (χ2v) is 6.27. The molecule has 27 heavy (non-hydrogen) atoms. The van der Waals surface area contributed by atoms with Crippen LogP contribution in [-0.2, 0) is 11.3 Å². The van der Waals surface area contributed by atoms with Crippen LogP contribution in [0.25, 0.3) is 33.4 Å². The number of ether oxygens (including phenoxy) is 1. The lowest BCUT2D eigenvalue weighted by molar-refractivity contribution is 0.0601. The molecule has 2 aromatic carbocycles. The predicted octanol–water partition coefficient (Wildman–Crippen LogP) is 4.01. The summed E-state index contributed by atoms with van der Waals surface area (Å²) in [6, 6.07) is 14.4.